The molecule has 2 aromatic carbocycles. The van der Waals surface area contributed by atoms with E-state index in [0.29, 0.717) is 30.0 Å². The normalized spacial score (nSPS) is 18.6. The van der Waals surface area contributed by atoms with E-state index < -0.39 is 96.6 Å². The molecule has 0 bridgehead atoms. The van der Waals surface area contributed by atoms with Gasteiger partial charge >= 0.3 is 36.8 Å². The molecule has 3 heterocycles. The maximum absolute atomic E-state index is 14.1. The van der Waals surface area contributed by atoms with Crippen LogP contribution >= 0.6 is 0 Å². The number of aromatic nitrogens is 2. The molecular formula is C34H31F12N5O4. The van der Waals surface area contributed by atoms with Crippen molar-refractivity contribution in [1.82, 2.24) is 9.97 Å². The lowest BCUT2D eigenvalue weighted by atomic mass is 9.87. The molecular weight excluding hydrogens is 770 g/mol. The molecule has 1 saturated heterocycles. The van der Waals surface area contributed by atoms with Crippen LogP contribution in [0.2, 0.25) is 0 Å². The van der Waals surface area contributed by atoms with Crippen molar-refractivity contribution in [2.45, 2.75) is 75.9 Å². The minimum Gasteiger partial charge on any atom is -0.481 e. The Hall–Kier alpha value is -4.98. The first-order chi connectivity index (χ1) is 25.5. The predicted molar refractivity (Wildman–Crippen MR) is 170 cm³/mol. The SMILES string of the molecule is CC[C@@H]1C[C@H](N(Cc2cc(C(F)(F)F)cc(C(F)(F)F)c2)c2ncc(N3CCC(C(=O)O)CC3)cn2)c2cc(C(F)(F)F)ccc2N1C(=O)OCC(F)(F)F. The van der Waals surface area contributed by atoms with Gasteiger partial charge in [-0.2, -0.15) is 52.7 Å². The van der Waals surface area contributed by atoms with Gasteiger partial charge in [-0.15, -0.1) is 0 Å². The molecule has 55 heavy (non-hydrogen) atoms. The van der Waals surface area contributed by atoms with Gasteiger partial charge in [-0.05, 0) is 73.2 Å². The van der Waals surface area contributed by atoms with Crippen LogP contribution in [0.5, 0.6) is 0 Å². The quantitative estimate of drug-likeness (QED) is 0.225. The van der Waals surface area contributed by atoms with Crippen molar-refractivity contribution in [3.05, 3.63) is 76.6 Å². The number of aliphatic carboxylic acids is 1. The van der Waals surface area contributed by atoms with Crippen molar-refractivity contribution >= 4 is 29.4 Å². The molecule has 3 aromatic rings. The van der Waals surface area contributed by atoms with Gasteiger partial charge in [0.15, 0.2) is 6.61 Å². The molecule has 2 atom stereocenters. The first-order valence-corrected chi connectivity index (χ1v) is 16.5. The molecule has 21 heteroatoms. The maximum Gasteiger partial charge on any atom is 0.422 e. The molecule has 0 spiro atoms. The van der Waals surface area contributed by atoms with Gasteiger partial charge in [0.1, 0.15) is 0 Å². The van der Waals surface area contributed by atoms with Crippen LogP contribution in [0, 0.1) is 5.92 Å². The van der Waals surface area contributed by atoms with Crippen molar-refractivity contribution in [2.24, 2.45) is 5.92 Å². The maximum atomic E-state index is 14.1. The summed E-state index contributed by atoms with van der Waals surface area (Å²) < 4.78 is 169. The number of carboxylic acid groups (broad SMARTS) is 1. The number of amides is 1. The average Bonchev–Trinajstić information content (AvgIpc) is 3.10. The van der Waals surface area contributed by atoms with E-state index in [4.69, 9.17) is 0 Å². The topological polar surface area (TPSA) is 99.1 Å². The number of carboxylic acids is 1. The number of benzene rings is 2. The summed E-state index contributed by atoms with van der Waals surface area (Å²) in [6, 6.07) is 0.177. The number of anilines is 3. The number of ether oxygens (including phenoxy) is 1. The van der Waals surface area contributed by atoms with Gasteiger partial charge in [0.25, 0.3) is 0 Å². The lowest BCUT2D eigenvalue weighted by molar-refractivity contribution is -0.160. The zero-order valence-electron chi connectivity index (χ0n) is 28.5. The lowest BCUT2D eigenvalue weighted by Gasteiger charge is -2.44. The molecule has 1 aromatic heterocycles. The fraction of sp³-hybridized carbons (Fsp3) is 0.471. The smallest absolute Gasteiger partial charge is 0.422 e. The molecule has 1 fully saturated rings. The van der Waals surface area contributed by atoms with E-state index in [-0.39, 0.29) is 55.6 Å². The van der Waals surface area contributed by atoms with Gasteiger partial charge in [-0.3, -0.25) is 9.69 Å². The van der Waals surface area contributed by atoms with Crippen LogP contribution in [-0.2, 0) is 34.6 Å². The van der Waals surface area contributed by atoms with Gasteiger partial charge in [-0.1, -0.05) is 6.92 Å². The van der Waals surface area contributed by atoms with Crippen molar-refractivity contribution in [3.8, 4) is 0 Å². The molecule has 300 valence electrons. The van der Waals surface area contributed by atoms with E-state index in [0.717, 1.165) is 15.9 Å². The Bertz CT molecular complexity index is 1820. The van der Waals surface area contributed by atoms with E-state index in [1.54, 1.807) is 4.90 Å². The van der Waals surface area contributed by atoms with Gasteiger partial charge in [0.2, 0.25) is 5.95 Å². The number of hydrogen-bond donors (Lipinski definition) is 1. The van der Waals surface area contributed by atoms with Crippen molar-refractivity contribution in [2.75, 3.05) is 34.4 Å². The van der Waals surface area contributed by atoms with Crippen molar-refractivity contribution in [1.29, 1.82) is 0 Å². The molecule has 0 unspecified atom stereocenters. The minimum atomic E-state index is -5.25. The number of carbonyl (C=O) groups excluding carboxylic acids is 1. The first kappa shape index (κ1) is 41.2. The highest BCUT2D eigenvalue weighted by Gasteiger charge is 2.43. The van der Waals surface area contributed by atoms with Crippen molar-refractivity contribution in [3.63, 3.8) is 0 Å². The highest BCUT2D eigenvalue weighted by molar-refractivity contribution is 5.90. The summed E-state index contributed by atoms with van der Waals surface area (Å²) in [5.41, 5.74) is -5.60. The number of fused-ring (bicyclic) bond motifs is 1. The second-order valence-corrected chi connectivity index (χ2v) is 13.0. The summed E-state index contributed by atoms with van der Waals surface area (Å²) in [6.45, 7) is -0.862. The van der Waals surface area contributed by atoms with Gasteiger partial charge in [0, 0.05) is 25.7 Å². The van der Waals surface area contributed by atoms with Crippen LogP contribution in [-0.4, -0.2) is 59.1 Å². The van der Waals surface area contributed by atoms with E-state index in [1.165, 1.54) is 19.3 Å². The van der Waals surface area contributed by atoms with Crippen LogP contribution in [0.4, 0.5) is 74.8 Å². The number of nitrogens with zero attached hydrogens (tertiary/aromatic N) is 5. The fourth-order valence-corrected chi connectivity index (χ4v) is 6.65. The Balaban J connectivity index is 1.66. The molecule has 1 N–H and O–H groups in total. The van der Waals surface area contributed by atoms with Crippen LogP contribution in [0.3, 0.4) is 0 Å². The molecule has 0 saturated carbocycles. The third kappa shape index (κ3) is 9.64. The van der Waals surface area contributed by atoms with Crippen molar-refractivity contribution < 1.29 is 72.1 Å². The second kappa shape index (κ2) is 15.3. The summed E-state index contributed by atoms with van der Waals surface area (Å²) in [6.07, 6.45) is -19.5. The molecule has 0 aliphatic carbocycles. The zero-order valence-corrected chi connectivity index (χ0v) is 28.5. The number of halogens is 12. The van der Waals surface area contributed by atoms with E-state index in [1.807, 2.05) is 0 Å². The van der Waals surface area contributed by atoms with Gasteiger partial charge < -0.3 is 19.6 Å². The summed E-state index contributed by atoms with van der Waals surface area (Å²) in [7, 11) is 0. The monoisotopic (exact) mass is 801 g/mol. The molecule has 2 aliphatic heterocycles. The predicted octanol–water partition coefficient (Wildman–Crippen LogP) is 9.27. The minimum absolute atomic E-state index is 0.0419. The van der Waals surface area contributed by atoms with Gasteiger partial charge in [0.05, 0.1) is 52.4 Å². The largest absolute Gasteiger partial charge is 0.481 e. The van der Waals surface area contributed by atoms with E-state index in [9.17, 15) is 67.4 Å². The highest BCUT2D eigenvalue weighted by atomic mass is 19.4. The van der Waals surface area contributed by atoms with Crippen LogP contribution in [0.15, 0.2) is 48.8 Å². The van der Waals surface area contributed by atoms with E-state index >= 15 is 0 Å². The summed E-state index contributed by atoms with van der Waals surface area (Å²) in [4.78, 5) is 36.6. The number of piperidine rings is 1. The average molecular weight is 802 g/mol. The number of alkyl halides is 12. The van der Waals surface area contributed by atoms with E-state index in [2.05, 4.69) is 14.7 Å². The summed E-state index contributed by atoms with van der Waals surface area (Å²) >= 11 is 0. The molecule has 1 amide bonds. The van der Waals surface area contributed by atoms with Crippen LogP contribution in [0.25, 0.3) is 0 Å². The first-order valence-electron chi connectivity index (χ1n) is 16.5. The third-order valence-electron chi connectivity index (χ3n) is 9.33. The Morgan fingerprint density at radius 1 is 0.836 bits per heavy atom. The molecule has 2 aliphatic rings. The fourth-order valence-electron chi connectivity index (χ4n) is 6.65. The van der Waals surface area contributed by atoms with Crippen LogP contribution < -0.4 is 14.7 Å². The standard InChI is InChI=1S/C34H31F12N5O4/c1-2-23-13-27(25-12-20(32(38,39)40)3-4-26(25)51(23)30(54)55-17-31(35,36)37)50(16-18-9-21(33(41,42)43)11-22(10-18)34(44,45)46)29-47-14-24(15-48-29)49-7-5-19(6-8-49)28(52)53/h3-4,9-12,14-15,19,23,27H,2,5-8,13,16-17H2,1H3,(H,52,53)/t23-,27+/m1/s1. The summed E-state index contributed by atoms with van der Waals surface area (Å²) in [5, 5.41) is 9.32. The van der Waals surface area contributed by atoms with Gasteiger partial charge in [-0.25, -0.2) is 14.8 Å². The zero-order chi connectivity index (χ0) is 40.7. The third-order valence-corrected chi connectivity index (χ3v) is 9.33. The number of carbonyl (C=O) groups is 2. The Kier molecular flexibility index (Phi) is 11.4. The molecule has 9 nitrogen and oxygen atoms in total. The lowest BCUT2D eigenvalue weighted by Crippen LogP contribution is -2.48. The number of hydrogen-bond acceptors (Lipinski definition) is 7. The molecule has 5 rings (SSSR count). The number of rotatable bonds is 8. The Morgan fingerprint density at radius 3 is 1.89 bits per heavy atom. The highest BCUT2D eigenvalue weighted by Crippen LogP contribution is 2.46. The molecule has 0 radical (unpaired) electrons. The van der Waals surface area contributed by atoms with Crippen LogP contribution in [0.1, 0.15) is 66.5 Å². The second-order valence-electron chi connectivity index (χ2n) is 13.0. The Labute approximate surface area is 304 Å². The Morgan fingerprint density at radius 2 is 1.40 bits per heavy atom. The summed E-state index contributed by atoms with van der Waals surface area (Å²) in [5.74, 6) is -1.96.